The number of rotatable bonds is 4. The number of benzene rings is 2. The van der Waals surface area contributed by atoms with Crippen molar-refractivity contribution in [2.24, 2.45) is 0 Å². The van der Waals surface area contributed by atoms with Gasteiger partial charge in [0.15, 0.2) is 0 Å². The van der Waals surface area contributed by atoms with Gasteiger partial charge in [0.05, 0.1) is 0 Å². The Morgan fingerprint density at radius 3 is 1.89 bits per heavy atom. The topological polar surface area (TPSA) is 40.5 Å². The molecule has 0 saturated heterocycles. The van der Waals surface area contributed by atoms with Gasteiger partial charge in [0.1, 0.15) is 11.5 Å². The van der Waals surface area contributed by atoms with E-state index in [1.807, 2.05) is 13.0 Å². The summed E-state index contributed by atoms with van der Waals surface area (Å²) in [7, 11) is 0. The molecule has 2 N–H and O–H groups in total. The van der Waals surface area contributed by atoms with Gasteiger partial charge in [-0.25, -0.2) is 0 Å². The molecule has 2 aromatic carbocycles. The maximum absolute atomic E-state index is 11.3. The van der Waals surface area contributed by atoms with Crippen molar-refractivity contribution in [3.05, 3.63) is 46.0 Å². The summed E-state index contributed by atoms with van der Waals surface area (Å²) in [4.78, 5) is 0. The Morgan fingerprint density at radius 1 is 0.786 bits per heavy atom. The largest absolute Gasteiger partial charge is 0.507 e. The average molecular weight is 383 g/mol. The van der Waals surface area contributed by atoms with Gasteiger partial charge in [-0.15, -0.1) is 0 Å². The van der Waals surface area contributed by atoms with Crippen molar-refractivity contribution in [3.8, 4) is 22.6 Å². The van der Waals surface area contributed by atoms with E-state index in [1.54, 1.807) is 0 Å². The van der Waals surface area contributed by atoms with Crippen molar-refractivity contribution in [2.45, 2.75) is 92.4 Å². The normalized spacial score (nSPS) is 12.5. The molecule has 28 heavy (non-hydrogen) atoms. The Hall–Kier alpha value is -1.96. The first kappa shape index (κ1) is 22.3. The number of unbranched alkanes of at least 4 members (excludes halogenated alkanes) is 1. The highest BCUT2D eigenvalue weighted by atomic mass is 16.3. The Balaban J connectivity index is 2.93. The summed E-state index contributed by atoms with van der Waals surface area (Å²) in [6.07, 6.45) is 3.01. The van der Waals surface area contributed by atoms with Crippen molar-refractivity contribution < 1.29 is 10.2 Å². The van der Waals surface area contributed by atoms with E-state index < -0.39 is 0 Å². The minimum Gasteiger partial charge on any atom is -0.507 e. The molecule has 2 nitrogen and oxygen atoms in total. The van der Waals surface area contributed by atoms with Crippen LogP contribution in [0.4, 0.5) is 0 Å². The molecule has 154 valence electrons. The summed E-state index contributed by atoms with van der Waals surface area (Å²) in [5, 5.41) is 22.5. The highest BCUT2D eigenvalue weighted by molar-refractivity contribution is 5.83. The van der Waals surface area contributed by atoms with Crippen LogP contribution in [0.5, 0.6) is 11.5 Å². The van der Waals surface area contributed by atoms with E-state index in [0.717, 1.165) is 58.2 Å². The lowest BCUT2D eigenvalue weighted by Crippen LogP contribution is -2.19. The van der Waals surface area contributed by atoms with E-state index in [-0.39, 0.29) is 10.8 Å². The molecule has 2 aromatic rings. The summed E-state index contributed by atoms with van der Waals surface area (Å²) < 4.78 is 0. The van der Waals surface area contributed by atoms with E-state index in [4.69, 9.17) is 0 Å². The zero-order valence-corrected chi connectivity index (χ0v) is 19.2. The molecule has 0 radical (unpaired) electrons. The first-order chi connectivity index (χ1) is 12.8. The lowest BCUT2D eigenvalue weighted by molar-refractivity contribution is 0.423. The number of hydrogen-bond donors (Lipinski definition) is 2. The lowest BCUT2D eigenvalue weighted by atomic mass is 9.73. The van der Waals surface area contributed by atoms with Crippen LogP contribution in [0.2, 0.25) is 0 Å². The molecule has 0 amide bonds. The molecule has 0 aliphatic heterocycles. The Kier molecular flexibility index (Phi) is 6.23. The summed E-state index contributed by atoms with van der Waals surface area (Å²) >= 11 is 0. The van der Waals surface area contributed by atoms with E-state index >= 15 is 0 Å². The smallest absolute Gasteiger partial charge is 0.126 e. The fourth-order valence-corrected chi connectivity index (χ4v) is 4.05. The molecule has 0 aliphatic rings. The Bertz CT molecular complexity index is 862. The van der Waals surface area contributed by atoms with Gasteiger partial charge >= 0.3 is 0 Å². The summed E-state index contributed by atoms with van der Waals surface area (Å²) in [5.74, 6) is 0.725. The highest BCUT2D eigenvalue weighted by Gasteiger charge is 2.31. The van der Waals surface area contributed by atoms with Gasteiger partial charge < -0.3 is 10.2 Å². The lowest BCUT2D eigenvalue weighted by Gasteiger charge is -2.32. The van der Waals surface area contributed by atoms with Gasteiger partial charge in [-0.1, -0.05) is 73.1 Å². The number of phenols is 2. The zero-order chi connectivity index (χ0) is 21.4. The zero-order valence-electron chi connectivity index (χ0n) is 19.2. The fraction of sp³-hybridized carbons (Fsp3) is 0.538. The molecule has 0 fully saturated rings. The molecule has 0 aromatic heterocycles. The predicted molar refractivity (Wildman–Crippen MR) is 121 cm³/mol. The number of aryl methyl sites for hydroxylation is 3. The summed E-state index contributed by atoms with van der Waals surface area (Å²) in [6, 6.07) is 6.23. The average Bonchev–Trinajstić information content (AvgIpc) is 2.54. The van der Waals surface area contributed by atoms with E-state index in [1.165, 1.54) is 0 Å². The molecule has 0 saturated carbocycles. The fourth-order valence-electron chi connectivity index (χ4n) is 4.05. The first-order valence-corrected chi connectivity index (χ1v) is 10.5. The second-order valence-electron chi connectivity index (χ2n) is 10.2. The SMILES string of the molecule is CCCCc1ccc(C)c(-c2c(C)cc(C(C)(C)C)c(O)c2C(C)(C)C)c1O. The first-order valence-electron chi connectivity index (χ1n) is 10.5. The van der Waals surface area contributed by atoms with Crippen LogP contribution in [0.1, 0.15) is 89.1 Å². The standard InChI is InChI=1S/C26H38O2/c1-10-11-12-18-14-13-16(2)21(23(18)27)20-17(3)15-19(25(4,5)6)24(28)22(20)26(7,8)9/h13-15,27-28H,10-12H2,1-9H3. The van der Waals surface area contributed by atoms with Crippen LogP contribution >= 0.6 is 0 Å². The molecule has 0 unspecified atom stereocenters. The molecule has 0 aliphatic carbocycles. The Labute approximate surface area is 171 Å². The van der Waals surface area contributed by atoms with Crippen molar-refractivity contribution in [3.63, 3.8) is 0 Å². The monoisotopic (exact) mass is 382 g/mol. The second-order valence-corrected chi connectivity index (χ2v) is 10.2. The molecule has 2 heteroatoms. The molecule has 0 spiro atoms. The van der Waals surface area contributed by atoms with E-state index in [9.17, 15) is 10.2 Å². The van der Waals surface area contributed by atoms with Crippen LogP contribution in [0.15, 0.2) is 18.2 Å². The molecular weight excluding hydrogens is 344 g/mol. The van der Waals surface area contributed by atoms with Crippen LogP contribution in [0.3, 0.4) is 0 Å². The third-order valence-electron chi connectivity index (χ3n) is 5.57. The predicted octanol–water partition coefficient (Wildman–Crippen LogP) is 7.32. The van der Waals surface area contributed by atoms with Gasteiger partial charge in [0, 0.05) is 11.1 Å². The van der Waals surface area contributed by atoms with Gasteiger partial charge in [0.2, 0.25) is 0 Å². The molecular formula is C26H38O2. The summed E-state index contributed by atoms with van der Waals surface area (Å²) in [5.41, 5.74) is 6.42. The van der Waals surface area contributed by atoms with Crippen molar-refractivity contribution in [1.29, 1.82) is 0 Å². The number of phenolic OH excluding ortho intramolecular Hbond substituents is 2. The van der Waals surface area contributed by atoms with Gasteiger partial charge in [-0.3, -0.25) is 0 Å². The number of aromatic hydroxyl groups is 2. The molecule has 2 rings (SSSR count). The van der Waals surface area contributed by atoms with Crippen LogP contribution in [0, 0.1) is 13.8 Å². The maximum atomic E-state index is 11.3. The molecule has 0 atom stereocenters. The van der Waals surface area contributed by atoms with Crippen LogP contribution in [-0.2, 0) is 17.3 Å². The van der Waals surface area contributed by atoms with Crippen molar-refractivity contribution in [1.82, 2.24) is 0 Å². The van der Waals surface area contributed by atoms with Crippen LogP contribution < -0.4 is 0 Å². The quantitative estimate of drug-likeness (QED) is 0.581. The van der Waals surface area contributed by atoms with Gasteiger partial charge in [-0.05, 0) is 65.3 Å². The minimum absolute atomic E-state index is 0.159. The summed E-state index contributed by atoms with van der Waals surface area (Å²) in [6.45, 7) is 19.1. The van der Waals surface area contributed by atoms with Crippen LogP contribution in [0.25, 0.3) is 11.1 Å². The Morgan fingerprint density at radius 2 is 1.39 bits per heavy atom. The maximum Gasteiger partial charge on any atom is 0.126 e. The second kappa shape index (κ2) is 7.81. The molecule has 0 heterocycles. The van der Waals surface area contributed by atoms with Gasteiger partial charge in [-0.2, -0.15) is 0 Å². The van der Waals surface area contributed by atoms with Crippen LogP contribution in [-0.4, -0.2) is 10.2 Å². The highest BCUT2D eigenvalue weighted by Crippen LogP contribution is 2.49. The third-order valence-corrected chi connectivity index (χ3v) is 5.57. The number of hydrogen-bond acceptors (Lipinski definition) is 2. The van der Waals surface area contributed by atoms with E-state index in [0.29, 0.717) is 11.5 Å². The van der Waals surface area contributed by atoms with E-state index in [2.05, 4.69) is 67.5 Å². The van der Waals surface area contributed by atoms with Crippen molar-refractivity contribution >= 4 is 0 Å². The van der Waals surface area contributed by atoms with Crippen molar-refractivity contribution in [2.75, 3.05) is 0 Å². The third kappa shape index (κ3) is 4.21. The molecule has 0 bridgehead atoms. The minimum atomic E-state index is -0.260. The van der Waals surface area contributed by atoms with Gasteiger partial charge in [0.25, 0.3) is 0 Å².